The van der Waals surface area contributed by atoms with Crippen molar-refractivity contribution >= 4 is 5.97 Å². The molecule has 4 nitrogen and oxygen atoms in total. The van der Waals surface area contributed by atoms with Gasteiger partial charge < -0.3 is 14.2 Å². The fourth-order valence-electron chi connectivity index (χ4n) is 3.12. The highest BCUT2D eigenvalue weighted by Crippen LogP contribution is 2.40. The summed E-state index contributed by atoms with van der Waals surface area (Å²) in [5, 5.41) is 0. The van der Waals surface area contributed by atoms with Gasteiger partial charge in [-0.1, -0.05) is 19.8 Å². The van der Waals surface area contributed by atoms with Crippen LogP contribution >= 0.6 is 0 Å². The van der Waals surface area contributed by atoms with Gasteiger partial charge in [-0.15, -0.1) is 0 Å². The van der Waals surface area contributed by atoms with E-state index in [1.807, 2.05) is 6.92 Å². The zero-order valence-electron chi connectivity index (χ0n) is 12.9. The Bertz CT molecular complexity index is 306. The molecule has 2 heterocycles. The van der Waals surface area contributed by atoms with Crippen molar-refractivity contribution in [1.29, 1.82) is 0 Å². The van der Waals surface area contributed by atoms with Gasteiger partial charge in [0.15, 0.2) is 5.60 Å². The van der Waals surface area contributed by atoms with E-state index >= 15 is 0 Å². The number of rotatable bonds is 8. The summed E-state index contributed by atoms with van der Waals surface area (Å²) in [5.74, 6) is 0.236. The van der Waals surface area contributed by atoms with Gasteiger partial charge >= 0.3 is 5.97 Å². The van der Waals surface area contributed by atoms with E-state index in [0.29, 0.717) is 25.2 Å². The average Bonchev–Trinajstić information content (AvgIpc) is 3.26. The van der Waals surface area contributed by atoms with Crippen LogP contribution in [0.1, 0.15) is 58.8 Å². The van der Waals surface area contributed by atoms with Gasteiger partial charge in [0.1, 0.15) is 0 Å². The molecule has 0 amide bonds. The molecule has 0 aliphatic carbocycles. The van der Waals surface area contributed by atoms with Crippen LogP contribution in [0.4, 0.5) is 0 Å². The summed E-state index contributed by atoms with van der Waals surface area (Å²) in [6, 6.07) is 0. The Morgan fingerprint density at radius 3 is 2.75 bits per heavy atom. The number of hydrogen-bond acceptors (Lipinski definition) is 4. The van der Waals surface area contributed by atoms with Gasteiger partial charge in [-0.25, -0.2) is 4.79 Å². The average molecular weight is 284 g/mol. The predicted octanol–water partition coefficient (Wildman–Crippen LogP) is 3.08. The monoisotopic (exact) mass is 284 g/mol. The van der Waals surface area contributed by atoms with Crippen molar-refractivity contribution in [3.8, 4) is 0 Å². The highest BCUT2D eigenvalue weighted by Gasteiger charge is 2.55. The molecule has 0 saturated carbocycles. The summed E-state index contributed by atoms with van der Waals surface area (Å²) < 4.78 is 16.6. The van der Waals surface area contributed by atoms with Crippen LogP contribution in [0.5, 0.6) is 0 Å². The van der Waals surface area contributed by atoms with Gasteiger partial charge in [0.25, 0.3) is 0 Å². The van der Waals surface area contributed by atoms with E-state index in [2.05, 4.69) is 6.92 Å². The lowest BCUT2D eigenvalue weighted by Gasteiger charge is -2.31. The molecule has 2 fully saturated rings. The quantitative estimate of drug-likeness (QED) is 0.507. The van der Waals surface area contributed by atoms with Gasteiger partial charge in [-0.3, -0.25) is 0 Å². The normalized spacial score (nSPS) is 30.8. The summed E-state index contributed by atoms with van der Waals surface area (Å²) in [4.78, 5) is 12.0. The number of unbranched alkanes of at least 4 members (excludes halogenated alkanes) is 1. The molecule has 0 N–H and O–H groups in total. The minimum atomic E-state index is -0.658. The molecule has 0 spiro atoms. The largest absolute Gasteiger partial charge is 0.464 e. The van der Waals surface area contributed by atoms with Gasteiger partial charge in [-0.2, -0.15) is 0 Å². The van der Waals surface area contributed by atoms with Gasteiger partial charge in [0.2, 0.25) is 0 Å². The Balaban J connectivity index is 1.94. The molecule has 2 aliphatic rings. The zero-order valence-corrected chi connectivity index (χ0v) is 12.9. The van der Waals surface area contributed by atoms with Crippen molar-refractivity contribution in [1.82, 2.24) is 0 Å². The Kier molecular flexibility index (Phi) is 5.85. The molecule has 4 heteroatoms. The lowest BCUT2D eigenvalue weighted by Crippen LogP contribution is -2.36. The molecule has 2 rings (SSSR count). The molecule has 0 radical (unpaired) electrons. The molecule has 3 unspecified atom stereocenters. The minimum Gasteiger partial charge on any atom is -0.464 e. The van der Waals surface area contributed by atoms with E-state index in [4.69, 9.17) is 14.2 Å². The van der Waals surface area contributed by atoms with Crippen molar-refractivity contribution in [2.75, 3.05) is 19.8 Å². The molecule has 0 aromatic rings. The van der Waals surface area contributed by atoms with E-state index in [1.165, 1.54) is 19.3 Å². The Morgan fingerprint density at radius 1 is 1.40 bits per heavy atom. The maximum Gasteiger partial charge on any atom is 0.340 e. The van der Waals surface area contributed by atoms with Crippen LogP contribution in [0, 0.1) is 5.92 Å². The molecule has 20 heavy (non-hydrogen) atoms. The number of esters is 1. The fourth-order valence-corrected chi connectivity index (χ4v) is 3.12. The van der Waals surface area contributed by atoms with Gasteiger partial charge in [0, 0.05) is 6.61 Å². The first kappa shape index (κ1) is 15.8. The lowest BCUT2D eigenvalue weighted by atomic mass is 9.84. The standard InChI is InChI=1S/C16H28O4/c1-3-5-8-13(14-9-6-7-10-19-14)11-16(12-20-16)15(17)18-4-2/h13-14H,3-12H2,1-2H3. The number of ether oxygens (including phenoxy) is 3. The highest BCUT2D eigenvalue weighted by atomic mass is 16.6. The van der Waals surface area contributed by atoms with Gasteiger partial charge in [-0.05, 0) is 44.9 Å². The van der Waals surface area contributed by atoms with E-state index < -0.39 is 5.60 Å². The topological polar surface area (TPSA) is 48.1 Å². The number of epoxide rings is 1. The lowest BCUT2D eigenvalue weighted by molar-refractivity contribution is -0.151. The summed E-state index contributed by atoms with van der Waals surface area (Å²) >= 11 is 0. The highest BCUT2D eigenvalue weighted by molar-refractivity contribution is 5.82. The number of carbonyl (C=O) groups is 1. The molecule has 0 aromatic heterocycles. The van der Waals surface area contributed by atoms with Crippen LogP contribution in [0.3, 0.4) is 0 Å². The maximum absolute atomic E-state index is 12.0. The fraction of sp³-hybridized carbons (Fsp3) is 0.938. The second-order valence-corrected chi connectivity index (χ2v) is 6.01. The molecule has 0 bridgehead atoms. The van der Waals surface area contributed by atoms with Crippen molar-refractivity contribution in [2.45, 2.75) is 70.5 Å². The van der Waals surface area contributed by atoms with Crippen molar-refractivity contribution in [2.24, 2.45) is 5.92 Å². The Hall–Kier alpha value is -0.610. The number of carbonyl (C=O) groups excluding carboxylic acids is 1. The third-order valence-corrected chi connectivity index (χ3v) is 4.40. The minimum absolute atomic E-state index is 0.183. The second-order valence-electron chi connectivity index (χ2n) is 6.01. The van der Waals surface area contributed by atoms with Crippen molar-refractivity contribution < 1.29 is 19.0 Å². The van der Waals surface area contributed by atoms with Crippen molar-refractivity contribution in [3.05, 3.63) is 0 Å². The van der Waals surface area contributed by atoms with Crippen LogP contribution in [0.2, 0.25) is 0 Å². The van der Waals surface area contributed by atoms with Crippen LogP contribution in [0.15, 0.2) is 0 Å². The van der Waals surface area contributed by atoms with E-state index in [-0.39, 0.29) is 5.97 Å². The zero-order chi connectivity index (χ0) is 14.4. The van der Waals surface area contributed by atoms with Gasteiger partial charge in [0.05, 0.1) is 19.3 Å². The van der Waals surface area contributed by atoms with E-state index in [9.17, 15) is 4.79 Å². The first-order valence-electron chi connectivity index (χ1n) is 8.14. The molecule has 3 atom stereocenters. The van der Waals surface area contributed by atoms with Crippen LogP contribution in [0.25, 0.3) is 0 Å². The van der Waals surface area contributed by atoms with Crippen LogP contribution in [-0.2, 0) is 19.0 Å². The third kappa shape index (κ3) is 3.95. The van der Waals surface area contributed by atoms with Crippen LogP contribution in [-0.4, -0.2) is 37.5 Å². The third-order valence-electron chi connectivity index (χ3n) is 4.40. The first-order chi connectivity index (χ1) is 9.72. The molecule has 2 aliphatic heterocycles. The first-order valence-corrected chi connectivity index (χ1v) is 8.14. The molecule has 0 aromatic carbocycles. The maximum atomic E-state index is 12.0. The summed E-state index contributed by atoms with van der Waals surface area (Å²) in [6.45, 7) is 5.84. The smallest absolute Gasteiger partial charge is 0.340 e. The van der Waals surface area contributed by atoms with E-state index in [0.717, 1.165) is 32.3 Å². The second kappa shape index (κ2) is 7.41. The summed E-state index contributed by atoms with van der Waals surface area (Å²) in [6.07, 6.45) is 8.05. The predicted molar refractivity (Wildman–Crippen MR) is 76.5 cm³/mol. The summed E-state index contributed by atoms with van der Waals surface area (Å²) in [5.41, 5.74) is -0.658. The molecular formula is C16H28O4. The van der Waals surface area contributed by atoms with Crippen LogP contribution < -0.4 is 0 Å². The van der Waals surface area contributed by atoms with Crippen molar-refractivity contribution in [3.63, 3.8) is 0 Å². The molecule has 2 saturated heterocycles. The Labute approximate surface area is 122 Å². The van der Waals surface area contributed by atoms with E-state index in [1.54, 1.807) is 0 Å². The Morgan fingerprint density at radius 2 is 2.20 bits per heavy atom. The molecule has 116 valence electrons. The number of hydrogen-bond donors (Lipinski definition) is 0. The SMILES string of the molecule is CCCCC(CC1(C(=O)OCC)CO1)C1CCCCO1. The summed E-state index contributed by atoms with van der Waals surface area (Å²) in [7, 11) is 0. The molecular weight excluding hydrogens is 256 g/mol.